The van der Waals surface area contributed by atoms with Crippen LogP contribution in [0.15, 0.2) is 34.7 Å². The van der Waals surface area contributed by atoms with Crippen LogP contribution < -0.4 is 5.32 Å². The molecule has 7 rings (SSSR count). The number of carbonyl (C=O) groups excluding carboxylic acids is 1. The van der Waals surface area contributed by atoms with Crippen molar-refractivity contribution >= 4 is 16.8 Å². The van der Waals surface area contributed by atoms with Crippen LogP contribution in [0.25, 0.3) is 10.9 Å². The van der Waals surface area contributed by atoms with Crippen molar-refractivity contribution in [1.29, 1.82) is 0 Å². The molecule has 6 nitrogen and oxygen atoms in total. The van der Waals surface area contributed by atoms with Gasteiger partial charge < -0.3 is 9.73 Å². The minimum absolute atomic E-state index is 0.0672. The van der Waals surface area contributed by atoms with Gasteiger partial charge in [0.2, 0.25) is 11.8 Å². The largest absolute Gasteiger partial charge is 0.424 e. The molecule has 2 bridgehead atoms. The van der Waals surface area contributed by atoms with Crippen molar-refractivity contribution in [2.45, 2.75) is 55.9 Å². The van der Waals surface area contributed by atoms with E-state index in [0.29, 0.717) is 22.5 Å². The molecule has 0 atom stereocenters. The van der Waals surface area contributed by atoms with Gasteiger partial charge in [0.1, 0.15) is 11.5 Å². The van der Waals surface area contributed by atoms with Crippen LogP contribution in [0.2, 0.25) is 0 Å². The molecule has 2 heterocycles. The number of fused-ring (bicyclic) bond motifs is 1. The molecule has 1 aromatic carbocycles. The molecule has 1 amide bonds. The maximum absolute atomic E-state index is 13.3. The first-order valence-electron chi connectivity index (χ1n) is 10.2. The van der Waals surface area contributed by atoms with Crippen molar-refractivity contribution in [1.82, 2.24) is 20.5 Å². The lowest BCUT2D eigenvalue weighted by Gasteiger charge is -2.68. The Kier molecular flexibility index (Phi) is 3.30. The van der Waals surface area contributed by atoms with Gasteiger partial charge in [-0.25, -0.2) is 9.37 Å². The van der Waals surface area contributed by atoms with E-state index in [0.717, 1.165) is 49.8 Å². The molecular formula is C22H21FN4O2. The van der Waals surface area contributed by atoms with Crippen molar-refractivity contribution < 1.29 is 13.6 Å². The van der Waals surface area contributed by atoms with Crippen molar-refractivity contribution in [3.05, 3.63) is 53.6 Å². The standard InChI is InChI=1S/C22H21FN4O2/c1-12-6-14(7-12)19-26-27-20(29-19)21-9-22(10-21,11-21)25-18(28)17-4-2-13-8-15(23)3-5-16(13)24-17/h2-5,8,12,14H,6-7,9-11H2,1H3,(H,25,28). The first kappa shape index (κ1) is 17.1. The number of hydrogen-bond acceptors (Lipinski definition) is 5. The molecule has 29 heavy (non-hydrogen) atoms. The van der Waals surface area contributed by atoms with Gasteiger partial charge in [0.25, 0.3) is 5.91 Å². The summed E-state index contributed by atoms with van der Waals surface area (Å²) in [6, 6.07) is 7.73. The summed E-state index contributed by atoms with van der Waals surface area (Å²) in [5.41, 5.74) is 0.692. The van der Waals surface area contributed by atoms with Gasteiger partial charge in [-0.15, -0.1) is 10.2 Å². The Bertz CT molecular complexity index is 1130. The lowest BCUT2D eigenvalue weighted by Crippen LogP contribution is -2.76. The number of pyridine rings is 1. The molecule has 148 valence electrons. The Hall–Kier alpha value is -2.83. The molecule has 4 aliphatic carbocycles. The van der Waals surface area contributed by atoms with E-state index in [1.807, 2.05) is 0 Å². The Labute approximate surface area is 166 Å². The van der Waals surface area contributed by atoms with Gasteiger partial charge >= 0.3 is 0 Å². The monoisotopic (exact) mass is 392 g/mol. The fourth-order valence-corrected chi connectivity index (χ4v) is 5.39. The lowest BCUT2D eigenvalue weighted by molar-refractivity contribution is -0.0970. The molecule has 0 unspecified atom stereocenters. The van der Waals surface area contributed by atoms with Gasteiger partial charge in [-0.05, 0) is 62.3 Å². The fourth-order valence-electron chi connectivity index (χ4n) is 5.39. The molecule has 1 N–H and O–H groups in total. The second kappa shape index (κ2) is 5.62. The number of amides is 1. The SMILES string of the molecule is CC1CC(c2nnc(C34CC(NC(=O)c5ccc6cc(F)ccc6n5)(C3)C4)o2)C1. The van der Waals surface area contributed by atoms with Crippen LogP contribution in [-0.4, -0.2) is 26.6 Å². The van der Waals surface area contributed by atoms with Gasteiger partial charge in [0, 0.05) is 16.8 Å². The van der Waals surface area contributed by atoms with Gasteiger partial charge in [-0.2, -0.15) is 0 Å². The molecule has 0 radical (unpaired) electrons. The van der Waals surface area contributed by atoms with Crippen molar-refractivity contribution in [2.75, 3.05) is 0 Å². The summed E-state index contributed by atoms with van der Waals surface area (Å²) in [4.78, 5) is 17.1. The highest BCUT2D eigenvalue weighted by atomic mass is 19.1. The third-order valence-corrected chi connectivity index (χ3v) is 6.91. The third-order valence-electron chi connectivity index (χ3n) is 6.91. The summed E-state index contributed by atoms with van der Waals surface area (Å²) < 4.78 is 19.3. The molecule has 7 heteroatoms. The predicted octanol–water partition coefficient (Wildman–Crippen LogP) is 3.87. The van der Waals surface area contributed by atoms with Crippen molar-refractivity contribution in [3.8, 4) is 0 Å². The molecule has 4 saturated carbocycles. The number of halogens is 1. The first-order chi connectivity index (χ1) is 13.9. The van der Waals surface area contributed by atoms with Crippen LogP contribution in [0.3, 0.4) is 0 Å². The molecule has 4 aliphatic rings. The zero-order valence-electron chi connectivity index (χ0n) is 16.1. The lowest BCUT2D eigenvalue weighted by atomic mass is 9.39. The molecule has 4 fully saturated rings. The first-order valence-corrected chi connectivity index (χ1v) is 10.2. The van der Waals surface area contributed by atoms with Gasteiger partial charge in [-0.3, -0.25) is 4.79 Å². The quantitative estimate of drug-likeness (QED) is 0.729. The molecular weight excluding hydrogens is 371 g/mol. The Morgan fingerprint density at radius 3 is 2.72 bits per heavy atom. The van der Waals surface area contributed by atoms with E-state index in [4.69, 9.17) is 4.42 Å². The number of aromatic nitrogens is 3. The molecule has 0 spiro atoms. The molecule has 3 aromatic rings. The number of nitrogens with zero attached hydrogens (tertiary/aromatic N) is 3. The predicted molar refractivity (Wildman–Crippen MR) is 103 cm³/mol. The van der Waals surface area contributed by atoms with E-state index in [2.05, 4.69) is 27.4 Å². The molecule has 2 aromatic heterocycles. The van der Waals surface area contributed by atoms with E-state index >= 15 is 0 Å². The van der Waals surface area contributed by atoms with Crippen molar-refractivity contribution in [3.63, 3.8) is 0 Å². The fraction of sp³-hybridized carbons (Fsp3) is 0.455. The normalized spacial score (nSPS) is 32.2. The summed E-state index contributed by atoms with van der Waals surface area (Å²) in [6.07, 6.45) is 4.73. The Balaban J connectivity index is 1.13. The third kappa shape index (κ3) is 2.52. The summed E-state index contributed by atoms with van der Waals surface area (Å²) in [5, 5.41) is 12.4. The van der Waals surface area contributed by atoms with E-state index in [1.165, 1.54) is 12.1 Å². The van der Waals surface area contributed by atoms with Crippen LogP contribution in [0.5, 0.6) is 0 Å². The number of carbonyl (C=O) groups is 1. The average Bonchev–Trinajstić information content (AvgIpc) is 3.09. The van der Waals surface area contributed by atoms with E-state index < -0.39 is 0 Å². The highest BCUT2D eigenvalue weighted by Crippen LogP contribution is 2.67. The van der Waals surface area contributed by atoms with Gasteiger partial charge in [0.15, 0.2) is 0 Å². The zero-order valence-corrected chi connectivity index (χ0v) is 16.1. The van der Waals surface area contributed by atoms with E-state index in [1.54, 1.807) is 18.2 Å². The van der Waals surface area contributed by atoms with Crippen LogP contribution in [0, 0.1) is 11.7 Å². The minimum Gasteiger partial charge on any atom is -0.424 e. The van der Waals surface area contributed by atoms with E-state index in [9.17, 15) is 9.18 Å². The average molecular weight is 392 g/mol. The molecule has 0 aliphatic heterocycles. The van der Waals surface area contributed by atoms with Crippen molar-refractivity contribution in [2.24, 2.45) is 5.92 Å². The number of rotatable bonds is 4. The maximum atomic E-state index is 13.3. The number of hydrogen-bond donors (Lipinski definition) is 1. The smallest absolute Gasteiger partial charge is 0.270 e. The second-order valence-electron chi connectivity index (χ2n) is 9.30. The topological polar surface area (TPSA) is 80.9 Å². The number of benzene rings is 1. The Morgan fingerprint density at radius 2 is 1.97 bits per heavy atom. The summed E-state index contributed by atoms with van der Waals surface area (Å²) in [7, 11) is 0. The van der Waals surface area contributed by atoms with E-state index in [-0.39, 0.29) is 22.7 Å². The zero-order chi connectivity index (χ0) is 19.8. The number of nitrogens with one attached hydrogen (secondary N) is 1. The van der Waals surface area contributed by atoms with Crippen LogP contribution in [0.4, 0.5) is 4.39 Å². The summed E-state index contributed by atoms with van der Waals surface area (Å²) >= 11 is 0. The van der Waals surface area contributed by atoms with Gasteiger partial charge in [0.05, 0.1) is 10.9 Å². The van der Waals surface area contributed by atoms with Crippen LogP contribution in [0.1, 0.15) is 67.2 Å². The molecule has 0 saturated heterocycles. The highest BCUT2D eigenvalue weighted by Gasteiger charge is 2.72. The summed E-state index contributed by atoms with van der Waals surface area (Å²) in [6.45, 7) is 2.24. The van der Waals surface area contributed by atoms with Gasteiger partial charge in [-0.1, -0.05) is 13.0 Å². The minimum atomic E-state index is -0.313. The maximum Gasteiger partial charge on any atom is 0.270 e. The second-order valence-corrected chi connectivity index (χ2v) is 9.30. The summed E-state index contributed by atoms with van der Waals surface area (Å²) in [5.74, 6) is 2.16. The van der Waals surface area contributed by atoms with Crippen LogP contribution >= 0.6 is 0 Å². The van der Waals surface area contributed by atoms with Crippen LogP contribution in [-0.2, 0) is 5.41 Å². The highest BCUT2D eigenvalue weighted by molar-refractivity contribution is 5.95. The Morgan fingerprint density at radius 1 is 1.17 bits per heavy atom.